The van der Waals surface area contributed by atoms with Crippen molar-refractivity contribution in [2.45, 2.75) is 53.2 Å². The lowest BCUT2D eigenvalue weighted by Gasteiger charge is -2.35. The zero-order chi connectivity index (χ0) is 13.4. The van der Waals surface area contributed by atoms with Gasteiger partial charge in [0.15, 0.2) is 0 Å². The van der Waals surface area contributed by atoms with Crippen molar-refractivity contribution in [3.05, 3.63) is 23.8 Å². The summed E-state index contributed by atoms with van der Waals surface area (Å²) in [6, 6.07) is 0. The van der Waals surface area contributed by atoms with Crippen LogP contribution in [0.2, 0.25) is 0 Å². The highest BCUT2D eigenvalue weighted by atomic mass is 32.2. The van der Waals surface area contributed by atoms with Gasteiger partial charge in [0.1, 0.15) is 0 Å². The monoisotopic (exact) mass is 252 g/mol. The first kappa shape index (κ1) is 14.9. The number of thioether (sulfide) groups is 1. The van der Waals surface area contributed by atoms with Crippen LogP contribution in [0.3, 0.4) is 0 Å². The molecule has 0 aromatic rings. The number of hydrogen-bond donors (Lipinski definition) is 0. The van der Waals surface area contributed by atoms with Crippen LogP contribution in [-0.2, 0) is 0 Å². The molecule has 0 aliphatic heterocycles. The van der Waals surface area contributed by atoms with Gasteiger partial charge in [0.05, 0.1) is 0 Å². The lowest BCUT2D eigenvalue weighted by atomic mass is 9.72. The third-order valence-corrected chi connectivity index (χ3v) is 4.80. The Morgan fingerprint density at radius 1 is 1.18 bits per heavy atom. The summed E-state index contributed by atoms with van der Waals surface area (Å²) >= 11 is 2.06. The van der Waals surface area contributed by atoms with Crippen LogP contribution in [0.4, 0.5) is 0 Å². The van der Waals surface area contributed by atoms with Gasteiger partial charge < -0.3 is 0 Å². The molecule has 0 aromatic heterocycles. The van der Waals surface area contributed by atoms with Crippen LogP contribution in [0, 0.1) is 17.3 Å². The van der Waals surface area contributed by atoms with Crippen molar-refractivity contribution in [1.82, 2.24) is 0 Å². The highest BCUT2D eigenvalue weighted by Crippen LogP contribution is 2.47. The SMILES string of the molecule is C=C1C=C(C)C(C(C)(C)C)[C@H]1CSC(C)(C)C. The highest BCUT2D eigenvalue weighted by Gasteiger charge is 2.38. The van der Waals surface area contributed by atoms with Crippen LogP contribution >= 0.6 is 11.8 Å². The normalized spacial score (nSPS) is 26.3. The molecule has 0 fully saturated rings. The van der Waals surface area contributed by atoms with E-state index in [9.17, 15) is 0 Å². The molecule has 1 unspecified atom stereocenters. The van der Waals surface area contributed by atoms with Gasteiger partial charge in [-0.1, -0.05) is 65.3 Å². The summed E-state index contributed by atoms with van der Waals surface area (Å²) in [5.74, 6) is 2.47. The Hall–Kier alpha value is -0.170. The lowest BCUT2D eigenvalue weighted by Crippen LogP contribution is -2.29. The van der Waals surface area contributed by atoms with E-state index in [4.69, 9.17) is 0 Å². The molecule has 0 saturated heterocycles. The van der Waals surface area contributed by atoms with Crippen LogP contribution in [0.5, 0.6) is 0 Å². The quantitative estimate of drug-likeness (QED) is 0.641. The van der Waals surface area contributed by atoms with Gasteiger partial charge in [-0.15, -0.1) is 0 Å². The standard InChI is InChI=1S/C16H28S/c1-11-9-12(2)14(15(3,4)5)13(11)10-17-16(6,7)8/h9,13-14H,1,10H2,2-8H3/t13-,14?/m0/s1. The molecule has 1 heteroatoms. The maximum absolute atomic E-state index is 4.26. The molecule has 0 radical (unpaired) electrons. The molecule has 1 rings (SSSR count). The molecular weight excluding hydrogens is 224 g/mol. The molecule has 17 heavy (non-hydrogen) atoms. The Morgan fingerprint density at radius 2 is 1.71 bits per heavy atom. The number of allylic oxidation sites excluding steroid dienone is 3. The molecule has 0 N–H and O–H groups in total. The summed E-state index contributed by atoms with van der Waals surface area (Å²) in [5, 5.41) is 0. The minimum atomic E-state index is 0.336. The average molecular weight is 252 g/mol. The molecule has 0 aromatic carbocycles. The fourth-order valence-corrected chi connectivity index (χ4v) is 3.94. The largest absolute Gasteiger partial charge is 0.155 e. The van der Waals surface area contributed by atoms with E-state index in [0.717, 1.165) is 0 Å². The minimum Gasteiger partial charge on any atom is -0.155 e. The summed E-state index contributed by atoms with van der Waals surface area (Å²) < 4.78 is 0.346. The summed E-state index contributed by atoms with van der Waals surface area (Å²) in [6.07, 6.45) is 2.31. The highest BCUT2D eigenvalue weighted by molar-refractivity contribution is 8.00. The zero-order valence-electron chi connectivity index (χ0n) is 12.6. The molecule has 0 amide bonds. The van der Waals surface area contributed by atoms with Gasteiger partial charge in [0.2, 0.25) is 0 Å². The second-order valence-electron chi connectivity index (χ2n) is 7.34. The number of rotatable bonds is 2. The fraction of sp³-hybridized carbons (Fsp3) is 0.750. The molecule has 98 valence electrons. The molecule has 0 spiro atoms. The molecule has 0 bridgehead atoms. The van der Waals surface area contributed by atoms with Crippen molar-refractivity contribution in [3.8, 4) is 0 Å². The molecule has 0 saturated carbocycles. The maximum Gasteiger partial charge on any atom is 0.00753 e. The second-order valence-corrected chi connectivity index (χ2v) is 9.18. The maximum atomic E-state index is 4.26. The lowest BCUT2D eigenvalue weighted by molar-refractivity contribution is 0.240. The first-order chi connectivity index (χ1) is 7.52. The molecular formula is C16H28S. The van der Waals surface area contributed by atoms with Crippen LogP contribution in [0.1, 0.15) is 48.5 Å². The van der Waals surface area contributed by atoms with E-state index in [2.05, 4.69) is 72.9 Å². The molecule has 2 atom stereocenters. The van der Waals surface area contributed by atoms with Crippen molar-refractivity contribution in [1.29, 1.82) is 0 Å². The Kier molecular flexibility index (Phi) is 4.24. The fourth-order valence-electron chi connectivity index (χ4n) is 2.85. The topological polar surface area (TPSA) is 0 Å². The molecule has 0 heterocycles. The molecule has 0 nitrogen and oxygen atoms in total. The van der Waals surface area contributed by atoms with Gasteiger partial charge in [-0.05, 0) is 24.2 Å². The van der Waals surface area contributed by atoms with Crippen LogP contribution in [0.15, 0.2) is 23.8 Å². The zero-order valence-corrected chi connectivity index (χ0v) is 13.4. The van der Waals surface area contributed by atoms with E-state index in [1.54, 1.807) is 0 Å². The Morgan fingerprint density at radius 3 is 2.12 bits per heavy atom. The summed E-state index contributed by atoms with van der Waals surface area (Å²) in [6.45, 7) is 20.5. The Bertz CT molecular complexity index is 322. The van der Waals surface area contributed by atoms with E-state index in [0.29, 0.717) is 22.0 Å². The predicted molar refractivity (Wildman–Crippen MR) is 81.5 cm³/mol. The van der Waals surface area contributed by atoms with Crippen molar-refractivity contribution in [2.24, 2.45) is 17.3 Å². The minimum absolute atomic E-state index is 0.336. The van der Waals surface area contributed by atoms with E-state index < -0.39 is 0 Å². The van der Waals surface area contributed by atoms with Gasteiger partial charge in [-0.25, -0.2) is 0 Å². The molecule has 1 aliphatic carbocycles. The van der Waals surface area contributed by atoms with Crippen LogP contribution in [0.25, 0.3) is 0 Å². The smallest absolute Gasteiger partial charge is 0.00753 e. The van der Waals surface area contributed by atoms with Crippen LogP contribution in [-0.4, -0.2) is 10.5 Å². The summed E-state index contributed by atoms with van der Waals surface area (Å²) in [5.41, 5.74) is 3.18. The third kappa shape index (κ3) is 3.91. The first-order valence-electron chi connectivity index (χ1n) is 6.53. The van der Waals surface area contributed by atoms with Crippen molar-refractivity contribution < 1.29 is 0 Å². The van der Waals surface area contributed by atoms with E-state index in [-0.39, 0.29) is 0 Å². The van der Waals surface area contributed by atoms with E-state index in [1.807, 2.05) is 0 Å². The van der Waals surface area contributed by atoms with Gasteiger partial charge >= 0.3 is 0 Å². The van der Waals surface area contributed by atoms with Gasteiger partial charge in [0, 0.05) is 10.5 Å². The predicted octanol–water partition coefficient (Wildman–Crippen LogP) is 5.31. The second kappa shape index (κ2) is 4.84. The summed E-state index contributed by atoms with van der Waals surface area (Å²) in [4.78, 5) is 0. The Balaban J connectivity index is 2.80. The van der Waals surface area contributed by atoms with Crippen LogP contribution < -0.4 is 0 Å². The average Bonchev–Trinajstić information content (AvgIpc) is 2.34. The third-order valence-electron chi connectivity index (χ3n) is 3.41. The Labute approximate surface area is 112 Å². The van der Waals surface area contributed by atoms with E-state index in [1.165, 1.54) is 16.9 Å². The first-order valence-corrected chi connectivity index (χ1v) is 7.52. The van der Waals surface area contributed by atoms with Gasteiger partial charge in [-0.2, -0.15) is 11.8 Å². The van der Waals surface area contributed by atoms with E-state index >= 15 is 0 Å². The number of hydrogen-bond acceptors (Lipinski definition) is 1. The van der Waals surface area contributed by atoms with Crippen molar-refractivity contribution in [3.63, 3.8) is 0 Å². The molecule has 1 aliphatic rings. The van der Waals surface area contributed by atoms with Gasteiger partial charge in [-0.3, -0.25) is 0 Å². The van der Waals surface area contributed by atoms with Gasteiger partial charge in [0.25, 0.3) is 0 Å². The van der Waals surface area contributed by atoms with Crippen molar-refractivity contribution in [2.75, 3.05) is 5.75 Å². The summed E-state index contributed by atoms with van der Waals surface area (Å²) in [7, 11) is 0. The van der Waals surface area contributed by atoms with Crippen molar-refractivity contribution >= 4 is 11.8 Å².